The van der Waals surface area contributed by atoms with Gasteiger partial charge in [-0.2, -0.15) is 0 Å². The molecule has 0 aromatic heterocycles. The number of halogens is 2. The van der Waals surface area contributed by atoms with Crippen molar-refractivity contribution in [3.05, 3.63) is 34.1 Å². The number of hydrogen-bond acceptors (Lipinski definition) is 2. The van der Waals surface area contributed by atoms with Gasteiger partial charge in [-0.05, 0) is 36.6 Å². The molecule has 2 N–H and O–H groups in total. The zero-order valence-electron chi connectivity index (χ0n) is 10.3. The Kier molecular flexibility index (Phi) is 5.56. The van der Waals surface area contributed by atoms with Gasteiger partial charge >= 0.3 is 0 Å². The third kappa shape index (κ3) is 4.74. The van der Waals surface area contributed by atoms with E-state index in [0.29, 0.717) is 13.2 Å². The number of hydrogen-bond donors (Lipinski definition) is 1. The van der Waals surface area contributed by atoms with Gasteiger partial charge in [0.1, 0.15) is 5.82 Å². The molecule has 1 rings (SSSR count). The van der Waals surface area contributed by atoms with Gasteiger partial charge in [0.25, 0.3) is 0 Å². The number of rotatable bonds is 6. The molecular formula is C13H19BrFNO. The number of nitrogens with two attached hydrogens (primary N) is 1. The summed E-state index contributed by atoms with van der Waals surface area (Å²) in [4.78, 5) is 0. The minimum atomic E-state index is -0.273. The van der Waals surface area contributed by atoms with Crippen molar-refractivity contribution in [1.82, 2.24) is 0 Å². The summed E-state index contributed by atoms with van der Waals surface area (Å²) < 4.78 is 19.4. The molecule has 4 heteroatoms. The summed E-state index contributed by atoms with van der Waals surface area (Å²) >= 11 is 3.25. The molecule has 1 aromatic rings. The monoisotopic (exact) mass is 303 g/mol. The van der Waals surface area contributed by atoms with Crippen molar-refractivity contribution < 1.29 is 9.13 Å². The summed E-state index contributed by atoms with van der Waals surface area (Å²) in [5.41, 5.74) is 6.65. The zero-order chi connectivity index (χ0) is 12.9. The van der Waals surface area contributed by atoms with Crippen LogP contribution in [0, 0.1) is 5.82 Å². The molecule has 17 heavy (non-hydrogen) atoms. The van der Waals surface area contributed by atoms with Gasteiger partial charge in [0.15, 0.2) is 0 Å². The van der Waals surface area contributed by atoms with Crippen LogP contribution in [0.1, 0.15) is 32.3 Å². The fourth-order valence-corrected chi connectivity index (χ4v) is 2.03. The lowest BCUT2D eigenvalue weighted by atomic mass is 9.96. The van der Waals surface area contributed by atoms with Crippen molar-refractivity contribution in [3.63, 3.8) is 0 Å². The second kappa shape index (κ2) is 6.47. The molecule has 0 amide bonds. The minimum absolute atomic E-state index is 0.261. The molecule has 0 aliphatic carbocycles. The highest BCUT2D eigenvalue weighted by Crippen LogP contribution is 2.17. The highest BCUT2D eigenvalue weighted by atomic mass is 79.9. The smallest absolute Gasteiger partial charge is 0.124 e. The molecule has 96 valence electrons. The van der Waals surface area contributed by atoms with Gasteiger partial charge in [-0.15, -0.1) is 0 Å². The highest BCUT2D eigenvalue weighted by Gasteiger charge is 2.20. The lowest BCUT2D eigenvalue weighted by Crippen LogP contribution is -2.43. The van der Waals surface area contributed by atoms with Gasteiger partial charge in [0, 0.05) is 10.0 Å². The van der Waals surface area contributed by atoms with E-state index in [-0.39, 0.29) is 11.4 Å². The van der Waals surface area contributed by atoms with E-state index in [2.05, 4.69) is 15.9 Å². The molecule has 0 fully saturated rings. The SMILES string of the molecule is CCC(N)(CC)COCc1cc(F)cc(Br)c1. The fourth-order valence-electron chi connectivity index (χ4n) is 1.52. The largest absolute Gasteiger partial charge is 0.375 e. The van der Waals surface area contributed by atoms with Gasteiger partial charge in [0.2, 0.25) is 0 Å². The summed E-state index contributed by atoms with van der Waals surface area (Å²) in [7, 11) is 0. The van der Waals surface area contributed by atoms with Crippen LogP contribution in [0.25, 0.3) is 0 Å². The van der Waals surface area contributed by atoms with Crippen LogP contribution in [0.15, 0.2) is 22.7 Å². The van der Waals surface area contributed by atoms with Gasteiger partial charge in [-0.1, -0.05) is 29.8 Å². The van der Waals surface area contributed by atoms with E-state index < -0.39 is 0 Å². The molecule has 0 saturated heterocycles. The van der Waals surface area contributed by atoms with E-state index in [9.17, 15) is 4.39 Å². The Morgan fingerprint density at radius 1 is 1.29 bits per heavy atom. The zero-order valence-corrected chi connectivity index (χ0v) is 11.9. The van der Waals surface area contributed by atoms with Crippen molar-refractivity contribution in [3.8, 4) is 0 Å². The molecule has 0 atom stereocenters. The molecule has 2 nitrogen and oxygen atoms in total. The van der Waals surface area contributed by atoms with Crippen LogP contribution >= 0.6 is 15.9 Å². The molecule has 0 bridgehead atoms. The Morgan fingerprint density at radius 3 is 2.47 bits per heavy atom. The van der Waals surface area contributed by atoms with Gasteiger partial charge < -0.3 is 10.5 Å². The van der Waals surface area contributed by atoms with Gasteiger partial charge in [-0.3, -0.25) is 0 Å². The van der Waals surface area contributed by atoms with Crippen molar-refractivity contribution in [2.75, 3.05) is 6.61 Å². The number of ether oxygens (including phenoxy) is 1. The first-order chi connectivity index (χ1) is 7.99. The molecular weight excluding hydrogens is 285 g/mol. The van der Waals surface area contributed by atoms with E-state index in [1.54, 1.807) is 0 Å². The summed E-state index contributed by atoms with van der Waals surface area (Å²) in [5, 5.41) is 0. The second-order valence-corrected chi connectivity index (χ2v) is 5.26. The predicted molar refractivity (Wildman–Crippen MR) is 71.3 cm³/mol. The standard InChI is InChI=1S/C13H19BrFNO/c1-3-13(16,4-2)9-17-8-10-5-11(14)7-12(15)6-10/h5-7H,3-4,8-9,16H2,1-2H3. The summed E-state index contributed by atoms with van der Waals surface area (Å²) in [6, 6.07) is 4.74. The van der Waals surface area contributed by atoms with Crippen molar-refractivity contribution in [1.29, 1.82) is 0 Å². The van der Waals surface area contributed by atoms with E-state index in [4.69, 9.17) is 10.5 Å². The summed E-state index contributed by atoms with van der Waals surface area (Å²) in [6.07, 6.45) is 1.74. The maximum absolute atomic E-state index is 13.1. The summed E-state index contributed by atoms with van der Waals surface area (Å²) in [6.45, 7) is 4.97. The van der Waals surface area contributed by atoms with Crippen LogP contribution in [-0.4, -0.2) is 12.1 Å². The molecule has 0 aliphatic heterocycles. The maximum atomic E-state index is 13.1. The molecule has 0 radical (unpaired) electrons. The first-order valence-corrected chi connectivity index (χ1v) is 6.60. The average molecular weight is 304 g/mol. The molecule has 0 aliphatic rings. The first-order valence-electron chi connectivity index (χ1n) is 5.80. The first kappa shape index (κ1) is 14.6. The minimum Gasteiger partial charge on any atom is -0.375 e. The Bertz CT molecular complexity index is 346. The van der Waals surface area contributed by atoms with E-state index >= 15 is 0 Å². The molecule has 0 heterocycles. The Labute approximate surface area is 110 Å². The Balaban J connectivity index is 2.51. The van der Waals surface area contributed by atoms with Gasteiger partial charge in [0.05, 0.1) is 13.2 Å². The quantitative estimate of drug-likeness (QED) is 0.871. The fraction of sp³-hybridized carbons (Fsp3) is 0.538. The highest BCUT2D eigenvalue weighted by molar-refractivity contribution is 9.10. The van der Waals surface area contributed by atoms with Crippen LogP contribution in [-0.2, 0) is 11.3 Å². The number of benzene rings is 1. The normalized spacial score (nSPS) is 11.8. The third-order valence-electron chi connectivity index (χ3n) is 2.99. The molecule has 0 unspecified atom stereocenters. The van der Waals surface area contributed by atoms with E-state index in [1.165, 1.54) is 12.1 Å². The maximum Gasteiger partial charge on any atom is 0.124 e. The van der Waals surface area contributed by atoms with Crippen molar-refractivity contribution in [2.45, 2.75) is 38.8 Å². The Hall–Kier alpha value is -0.450. The van der Waals surface area contributed by atoms with Crippen molar-refractivity contribution in [2.24, 2.45) is 5.73 Å². The Morgan fingerprint density at radius 2 is 1.94 bits per heavy atom. The lowest BCUT2D eigenvalue weighted by molar-refractivity contribution is 0.0695. The van der Waals surface area contributed by atoms with Crippen LogP contribution in [0.3, 0.4) is 0 Å². The van der Waals surface area contributed by atoms with Crippen LogP contribution in [0.4, 0.5) is 4.39 Å². The second-order valence-electron chi connectivity index (χ2n) is 4.34. The van der Waals surface area contributed by atoms with Crippen LogP contribution in [0.2, 0.25) is 0 Å². The predicted octanol–water partition coefficient (Wildman–Crippen LogP) is 3.62. The van der Waals surface area contributed by atoms with E-state index in [1.807, 2.05) is 19.9 Å². The van der Waals surface area contributed by atoms with E-state index in [0.717, 1.165) is 22.9 Å². The molecule has 1 aromatic carbocycles. The average Bonchev–Trinajstić information content (AvgIpc) is 2.27. The third-order valence-corrected chi connectivity index (χ3v) is 3.45. The summed E-state index contributed by atoms with van der Waals surface area (Å²) in [5.74, 6) is -0.261. The lowest BCUT2D eigenvalue weighted by Gasteiger charge is -2.26. The van der Waals surface area contributed by atoms with Gasteiger partial charge in [-0.25, -0.2) is 4.39 Å². The topological polar surface area (TPSA) is 35.2 Å². The molecule has 0 saturated carbocycles. The van der Waals surface area contributed by atoms with Crippen molar-refractivity contribution >= 4 is 15.9 Å². The van der Waals surface area contributed by atoms with Crippen LogP contribution in [0.5, 0.6) is 0 Å². The van der Waals surface area contributed by atoms with Crippen LogP contribution < -0.4 is 5.73 Å². The molecule has 0 spiro atoms.